The Labute approximate surface area is 126 Å². The van der Waals surface area contributed by atoms with Crippen LogP contribution in [0.1, 0.15) is 19.4 Å². The molecular weight excluding hydrogens is 290 g/mol. The quantitative estimate of drug-likeness (QED) is 0.792. The number of hydrogen-bond donors (Lipinski definition) is 2. The molecule has 8 heteroatoms. The van der Waals surface area contributed by atoms with Crippen molar-refractivity contribution in [2.45, 2.75) is 26.4 Å². The van der Waals surface area contributed by atoms with E-state index >= 15 is 0 Å². The molecular formula is C13H23N5O2S. The summed E-state index contributed by atoms with van der Waals surface area (Å²) in [4.78, 5) is 6.46. The largest absolute Gasteiger partial charge is 0.354 e. The number of nitrogens with zero attached hydrogens (tertiary/aromatic N) is 3. The van der Waals surface area contributed by atoms with E-state index in [2.05, 4.69) is 14.6 Å². The Hall–Kier alpha value is -1.22. The van der Waals surface area contributed by atoms with Crippen molar-refractivity contribution in [2.24, 2.45) is 5.73 Å². The first kappa shape index (κ1) is 16.2. The van der Waals surface area contributed by atoms with Gasteiger partial charge in [0, 0.05) is 45.0 Å². The highest BCUT2D eigenvalue weighted by Gasteiger charge is 2.27. The molecule has 1 aliphatic rings. The second kappa shape index (κ2) is 6.69. The summed E-state index contributed by atoms with van der Waals surface area (Å²) in [5.41, 5.74) is 6.54. The van der Waals surface area contributed by atoms with Gasteiger partial charge in [-0.2, -0.15) is 17.4 Å². The van der Waals surface area contributed by atoms with Crippen LogP contribution in [0.5, 0.6) is 0 Å². The molecule has 1 aromatic rings. The van der Waals surface area contributed by atoms with E-state index < -0.39 is 10.2 Å². The zero-order chi connectivity index (χ0) is 15.5. The van der Waals surface area contributed by atoms with Crippen LogP contribution in [0.15, 0.2) is 18.3 Å². The Morgan fingerprint density at radius 1 is 1.29 bits per heavy atom. The molecule has 7 nitrogen and oxygen atoms in total. The number of hydrogen-bond acceptors (Lipinski definition) is 5. The van der Waals surface area contributed by atoms with Gasteiger partial charge in [0.1, 0.15) is 5.82 Å². The summed E-state index contributed by atoms with van der Waals surface area (Å²) < 4.78 is 28.3. The van der Waals surface area contributed by atoms with E-state index in [1.165, 1.54) is 4.31 Å². The van der Waals surface area contributed by atoms with Crippen LogP contribution in [0.2, 0.25) is 0 Å². The number of rotatable bonds is 5. The third-order valence-electron chi connectivity index (χ3n) is 3.33. The van der Waals surface area contributed by atoms with Crippen LogP contribution in [0.3, 0.4) is 0 Å². The van der Waals surface area contributed by atoms with Gasteiger partial charge in [0.2, 0.25) is 0 Å². The maximum absolute atomic E-state index is 12.1. The molecule has 0 aromatic carbocycles. The predicted octanol–water partition coefficient (Wildman–Crippen LogP) is -0.0949. The lowest BCUT2D eigenvalue weighted by molar-refractivity contribution is 0.375. The zero-order valence-corrected chi connectivity index (χ0v) is 13.3. The van der Waals surface area contributed by atoms with E-state index in [9.17, 15) is 8.42 Å². The number of piperazine rings is 1. The van der Waals surface area contributed by atoms with Crippen LogP contribution in [0.4, 0.5) is 5.82 Å². The molecule has 0 bridgehead atoms. The van der Waals surface area contributed by atoms with Crippen molar-refractivity contribution < 1.29 is 8.42 Å². The number of nitrogens with one attached hydrogen (secondary N) is 1. The van der Waals surface area contributed by atoms with Crippen LogP contribution in [-0.2, 0) is 16.8 Å². The third-order valence-corrected chi connectivity index (χ3v) is 5.15. The lowest BCUT2D eigenvalue weighted by Crippen LogP contribution is -2.53. The molecule has 0 unspecified atom stereocenters. The minimum Gasteiger partial charge on any atom is -0.354 e. The second-order valence-corrected chi connectivity index (χ2v) is 7.09. The smallest absolute Gasteiger partial charge is 0.279 e. The first-order chi connectivity index (χ1) is 9.92. The van der Waals surface area contributed by atoms with Gasteiger partial charge in [-0.05, 0) is 25.5 Å². The Morgan fingerprint density at radius 3 is 2.43 bits per heavy atom. The number of anilines is 1. The Bertz CT molecular complexity index is 550. The van der Waals surface area contributed by atoms with Gasteiger partial charge < -0.3 is 10.6 Å². The van der Waals surface area contributed by atoms with Gasteiger partial charge in [-0.25, -0.2) is 4.98 Å². The van der Waals surface area contributed by atoms with Crippen LogP contribution < -0.4 is 15.4 Å². The fraction of sp³-hybridized carbons (Fsp3) is 0.615. The molecule has 2 rings (SSSR count). The molecule has 0 aliphatic carbocycles. The van der Waals surface area contributed by atoms with Gasteiger partial charge >= 0.3 is 0 Å². The molecule has 0 atom stereocenters. The van der Waals surface area contributed by atoms with Crippen LogP contribution in [-0.4, -0.2) is 49.9 Å². The minimum absolute atomic E-state index is 0.0986. The molecule has 21 heavy (non-hydrogen) atoms. The van der Waals surface area contributed by atoms with Crippen molar-refractivity contribution in [3.63, 3.8) is 0 Å². The molecule has 0 amide bonds. The van der Waals surface area contributed by atoms with E-state index in [1.54, 1.807) is 6.20 Å². The summed E-state index contributed by atoms with van der Waals surface area (Å²) in [6.07, 6.45) is 1.76. The molecule has 0 radical (unpaired) electrons. The standard InChI is InChI=1S/C13H23N5O2S/c1-11(2)16-21(19,20)18-7-5-17(6-8-18)13-4-3-12(9-14)10-15-13/h3-4,10-11,16H,5-9,14H2,1-2H3. The molecule has 1 aliphatic heterocycles. The lowest BCUT2D eigenvalue weighted by Gasteiger charge is -2.35. The second-order valence-electron chi connectivity index (χ2n) is 5.39. The minimum atomic E-state index is -3.38. The molecule has 2 heterocycles. The van der Waals surface area contributed by atoms with Crippen molar-refractivity contribution in [1.29, 1.82) is 0 Å². The fourth-order valence-corrected chi connectivity index (χ4v) is 3.64. The summed E-state index contributed by atoms with van der Waals surface area (Å²) in [6.45, 7) is 6.29. The van der Waals surface area contributed by atoms with Crippen molar-refractivity contribution >= 4 is 16.0 Å². The van der Waals surface area contributed by atoms with E-state index in [0.717, 1.165) is 11.4 Å². The van der Waals surface area contributed by atoms with Gasteiger partial charge in [0.25, 0.3) is 10.2 Å². The Kier molecular flexibility index (Phi) is 5.15. The summed E-state index contributed by atoms with van der Waals surface area (Å²) in [6, 6.07) is 3.78. The summed E-state index contributed by atoms with van der Waals surface area (Å²) in [5, 5.41) is 0. The molecule has 118 valence electrons. The average molecular weight is 313 g/mol. The molecule has 1 fully saturated rings. The van der Waals surface area contributed by atoms with Gasteiger partial charge in [0.05, 0.1) is 0 Å². The summed E-state index contributed by atoms with van der Waals surface area (Å²) in [5.74, 6) is 0.862. The van der Waals surface area contributed by atoms with E-state index in [1.807, 2.05) is 26.0 Å². The molecule has 1 saturated heterocycles. The first-order valence-corrected chi connectivity index (χ1v) is 8.53. The topological polar surface area (TPSA) is 91.6 Å². The van der Waals surface area contributed by atoms with Crippen molar-refractivity contribution in [2.75, 3.05) is 31.1 Å². The van der Waals surface area contributed by atoms with E-state index in [0.29, 0.717) is 32.7 Å². The van der Waals surface area contributed by atoms with E-state index in [-0.39, 0.29) is 6.04 Å². The van der Waals surface area contributed by atoms with E-state index in [4.69, 9.17) is 5.73 Å². The highest BCUT2D eigenvalue weighted by Crippen LogP contribution is 2.15. The fourth-order valence-electron chi connectivity index (χ4n) is 2.25. The maximum Gasteiger partial charge on any atom is 0.279 e. The normalized spacial score (nSPS) is 17.4. The number of pyridine rings is 1. The molecule has 0 spiro atoms. The average Bonchev–Trinajstić information content (AvgIpc) is 2.46. The van der Waals surface area contributed by atoms with Crippen molar-refractivity contribution in [1.82, 2.24) is 14.0 Å². The lowest BCUT2D eigenvalue weighted by atomic mass is 10.2. The number of aromatic nitrogens is 1. The SMILES string of the molecule is CC(C)NS(=O)(=O)N1CCN(c2ccc(CN)cn2)CC1. The third kappa shape index (κ3) is 4.13. The van der Waals surface area contributed by atoms with Gasteiger partial charge in [0.15, 0.2) is 0 Å². The summed E-state index contributed by atoms with van der Waals surface area (Å²) in [7, 11) is -3.38. The maximum atomic E-state index is 12.1. The monoisotopic (exact) mass is 313 g/mol. The highest BCUT2D eigenvalue weighted by molar-refractivity contribution is 7.87. The molecule has 3 N–H and O–H groups in total. The van der Waals surface area contributed by atoms with Crippen LogP contribution in [0.25, 0.3) is 0 Å². The van der Waals surface area contributed by atoms with Crippen LogP contribution in [0, 0.1) is 0 Å². The Morgan fingerprint density at radius 2 is 1.95 bits per heavy atom. The summed E-state index contributed by atoms with van der Waals surface area (Å²) >= 11 is 0. The van der Waals surface area contributed by atoms with Gasteiger partial charge in [-0.3, -0.25) is 0 Å². The zero-order valence-electron chi connectivity index (χ0n) is 12.5. The Balaban J connectivity index is 1.96. The predicted molar refractivity (Wildman–Crippen MR) is 83.1 cm³/mol. The van der Waals surface area contributed by atoms with Gasteiger partial charge in [-0.15, -0.1) is 0 Å². The highest BCUT2D eigenvalue weighted by atomic mass is 32.2. The van der Waals surface area contributed by atoms with Gasteiger partial charge in [-0.1, -0.05) is 6.07 Å². The number of nitrogens with two attached hydrogens (primary N) is 1. The molecule has 0 saturated carbocycles. The van der Waals surface area contributed by atoms with Crippen molar-refractivity contribution in [3.05, 3.63) is 23.9 Å². The van der Waals surface area contributed by atoms with Crippen LogP contribution >= 0.6 is 0 Å². The first-order valence-electron chi connectivity index (χ1n) is 7.09. The van der Waals surface area contributed by atoms with Crippen molar-refractivity contribution in [3.8, 4) is 0 Å². The molecule has 1 aromatic heterocycles.